The number of aliphatic hydroxyl groups is 1. The third-order valence-corrected chi connectivity index (χ3v) is 4.79. The molecule has 4 nitrogen and oxygen atoms in total. The normalized spacial score (nSPS) is 34.8. The molecule has 0 unspecified atom stereocenters. The van der Waals surface area contributed by atoms with E-state index >= 15 is 0 Å². The van der Waals surface area contributed by atoms with Gasteiger partial charge in [-0.2, -0.15) is 0 Å². The van der Waals surface area contributed by atoms with Crippen LogP contribution in [0.2, 0.25) is 0 Å². The molecule has 1 heterocycles. The van der Waals surface area contributed by atoms with Gasteiger partial charge in [0.2, 0.25) is 5.91 Å². The monoisotopic (exact) mass is 270 g/mol. The molecule has 0 bridgehead atoms. The lowest BCUT2D eigenvalue weighted by molar-refractivity contribution is -0.147. The first-order chi connectivity index (χ1) is 8.27. The van der Waals surface area contributed by atoms with Crippen molar-refractivity contribution in [3.8, 4) is 0 Å². The highest BCUT2D eigenvalue weighted by Gasteiger charge is 2.53. The van der Waals surface area contributed by atoms with Gasteiger partial charge in [-0.1, -0.05) is 19.1 Å². The number of rotatable bonds is 2. The van der Waals surface area contributed by atoms with E-state index in [4.69, 9.17) is 18.0 Å². The van der Waals surface area contributed by atoms with Gasteiger partial charge in [0.15, 0.2) is 0 Å². The van der Waals surface area contributed by atoms with E-state index in [9.17, 15) is 9.90 Å². The highest BCUT2D eigenvalue weighted by Crippen LogP contribution is 2.47. The minimum absolute atomic E-state index is 0.0728. The molecule has 0 aromatic rings. The number of thiocarbonyl (C=S) groups is 1. The SMILES string of the molecule is CC1CC(C(=O)N2CCC(C)(O)CC2)(C(N)=S)C1. The summed E-state index contributed by atoms with van der Waals surface area (Å²) in [4.78, 5) is 14.7. The van der Waals surface area contributed by atoms with Crippen LogP contribution in [-0.2, 0) is 4.79 Å². The van der Waals surface area contributed by atoms with E-state index in [-0.39, 0.29) is 5.91 Å². The zero-order valence-corrected chi connectivity index (χ0v) is 11.9. The molecular formula is C13H22N2O2S. The second-order valence-corrected chi connectivity index (χ2v) is 6.69. The maximum absolute atomic E-state index is 12.6. The van der Waals surface area contributed by atoms with E-state index in [1.54, 1.807) is 0 Å². The van der Waals surface area contributed by atoms with Crippen LogP contribution in [0.25, 0.3) is 0 Å². The molecule has 0 radical (unpaired) electrons. The van der Waals surface area contributed by atoms with Gasteiger partial charge in [0.1, 0.15) is 0 Å². The van der Waals surface area contributed by atoms with Crippen molar-refractivity contribution >= 4 is 23.1 Å². The minimum atomic E-state index is -0.639. The molecule has 5 heteroatoms. The Kier molecular flexibility index (Phi) is 3.40. The smallest absolute Gasteiger partial charge is 0.235 e. The molecule has 0 aromatic carbocycles. The number of amides is 1. The first kappa shape index (κ1) is 13.7. The van der Waals surface area contributed by atoms with Crippen LogP contribution in [0.4, 0.5) is 0 Å². The van der Waals surface area contributed by atoms with E-state index in [0.29, 0.717) is 36.8 Å². The molecule has 2 fully saturated rings. The van der Waals surface area contributed by atoms with Gasteiger partial charge >= 0.3 is 0 Å². The lowest BCUT2D eigenvalue weighted by Crippen LogP contribution is -2.59. The highest BCUT2D eigenvalue weighted by atomic mass is 32.1. The first-order valence-corrected chi connectivity index (χ1v) is 6.99. The average molecular weight is 270 g/mol. The molecule has 1 amide bonds. The van der Waals surface area contributed by atoms with E-state index in [1.807, 2.05) is 11.8 Å². The van der Waals surface area contributed by atoms with Crippen LogP contribution in [0.5, 0.6) is 0 Å². The Morgan fingerprint density at radius 1 is 1.39 bits per heavy atom. The summed E-state index contributed by atoms with van der Waals surface area (Å²) >= 11 is 5.11. The largest absolute Gasteiger partial charge is 0.392 e. The van der Waals surface area contributed by atoms with Crippen LogP contribution in [0, 0.1) is 11.3 Å². The van der Waals surface area contributed by atoms with Gasteiger partial charge in [-0.3, -0.25) is 4.79 Å². The van der Waals surface area contributed by atoms with Crippen molar-refractivity contribution in [2.45, 2.75) is 45.1 Å². The minimum Gasteiger partial charge on any atom is -0.392 e. The summed E-state index contributed by atoms with van der Waals surface area (Å²) < 4.78 is 0. The summed E-state index contributed by atoms with van der Waals surface area (Å²) in [5, 5.41) is 9.91. The van der Waals surface area contributed by atoms with Crippen LogP contribution < -0.4 is 5.73 Å². The fourth-order valence-corrected chi connectivity index (χ4v) is 3.36. The fraction of sp³-hybridized carbons (Fsp3) is 0.846. The summed E-state index contributed by atoms with van der Waals surface area (Å²) in [5.41, 5.74) is 4.55. The van der Waals surface area contributed by atoms with Crippen molar-refractivity contribution in [3.05, 3.63) is 0 Å². The summed E-state index contributed by atoms with van der Waals surface area (Å²) in [6.45, 7) is 5.14. The first-order valence-electron chi connectivity index (χ1n) is 6.58. The molecular weight excluding hydrogens is 248 g/mol. The summed E-state index contributed by atoms with van der Waals surface area (Å²) in [7, 11) is 0. The van der Waals surface area contributed by atoms with Crippen molar-refractivity contribution in [3.63, 3.8) is 0 Å². The molecule has 0 spiro atoms. The standard InChI is InChI=1S/C13H22N2O2S/c1-9-7-13(8-9,10(14)18)11(16)15-5-3-12(2,17)4-6-15/h9,17H,3-8H2,1-2H3,(H2,14,18). The number of likely N-dealkylation sites (tertiary alicyclic amines) is 1. The highest BCUT2D eigenvalue weighted by molar-refractivity contribution is 7.80. The fourth-order valence-electron chi connectivity index (χ4n) is 3.11. The van der Waals surface area contributed by atoms with E-state index < -0.39 is 11.0 Å². The second kappa shape index (κ2) is 4.46. The molecule has 1 aliphatic carbocycles. The van der Waals surface area contributed by atoms with E-state index in [0.717, 1.165) is 12.8 Å². The Morgan fingerprint density at radius 3 is 2.28 bits per heavy atom. The predicted molar refractivity (Wildman–Crippen MR) is 74.1 cm³/mol. The Morgan fingerprint density at radius 2 is 1.89 bits per heavy atom. The van der Waals surface area contributed by atoms with Crippen molar-refractivity contribution in [2.75, 3.05) is 13.1 Å². The predicted octanol–water partition coefficient (Wildman–Crippen LogP) is 1.06. The zero-order chi connectivity index (χ0) is 13.6. The van der Waals surface area contributed by atoms with Crippen LogP contribution in [0.1, 0.15) is 39.5 Å². The molecule has 1 saturated heterocycles. The number of piperidine rings is 1. The maximum atomic E-state index is 12.6. The van der Waals surface area contributed by atoms with Gasteiger partial charge in [-0.05, 0) is 38.5 Å². The van der Waals surface area contributed by atoms with E-state index in [2.05, 4.69) is 6.92 Å². The molecule has 3 N–H and O–H groups in total. The Labute approximate surface area is 114 Å². The Hall–Kier alpha value is -0.680. The number of carbonyl (C=O) groups excluding carboxylic acids is 1. The number of hydrogen-bond donors (Lipinski definition) is 2. The second-order valence-electron chi connectivity index (χ2n) is 6.25. The van der Waals surface area contributed by atoms with Crippen molar-refractivity contribution in [2.24, 2.45) is 17.1 Å². The van der Waals surface area contributed by atoms with Crippen LogP contribution >= 0.6 is 12.2 Å². The molecule has 18 heavy (non-hydrogen) atoms. The number of nitrogens with two attached hydrogens (primary N) is 1. The molecule has 102 valence electrons. The average Bonchev–Trinajstić information content (AvgIpc) is 2.23. The Balaban J connectivity index is 2.05. The van der Waals surface area contributed by atoms with E-state index in [1.165, 1.54) is 0 Å². The van der Waals surface area contributed by atoms with Gasteiger partial charge < -0.3 is 15.7 Å². The summed E-state index contributed by atoms with van der Waals surface area (Å²) in [6, 6.07) is 0. The van der Waals surface area contributed by atoms with Crippen LogP contribution in [-0.4, -0.2) is 39.6 Å². The number of nitrogens with zero attached hydrogens (tertiary/aromatic N) is 1. The molecule has 1 aliphatic heterocycles. The molecule has 1 saturated carbocycles. The van der Waals surface area contributed by atoms with Gasteiger partial charge in [-0.25, -0.2) is 0 Å². The number of carbonyl (C=O) groups is 1. The quantitative estimate of drug-likeness (QED) is 0.736. The van der Waals surface area contributed by atoms with Gasteiger partial charge in [0.25, 0.3) is 0 Å². The zero-order valence-electron chi connectivity index (χ0n) is 11.1. The van der Waals surface area contributed by atoms with Crippen molar-refractivity contribution in [1.29, 1.82) is 0 Å². The topological polar surface area (TPSA) is 66.6 Å². The van der Waals surface area contributed by atoms with Crippen LogP contribution in [0.15, 0.2) is 0 Å². The van der Waals surface area contributed by atoms with Gasteiger partial charge in [-0.15, -0.1) is 0 Å². The summed E-state index contributed by atoms with van der Waals surface area (Å²) in [6.07, 6.45) is 2.80. The van der Waals surface area contributed by atoms with Crippen molar-refractivity contribution in [1.82, 2.24) is 4.90 Å². The third-order valence-electron chi connectivity index (χ3n) is 4.40. The molecule has 2 rings (SSSR count). The molecule has 0 atom stereocenters. The van der Waals surface area contributed by atoms with Crippen LogP contribution in [0.3, 0.4) is 0 Å². The lowest BCUT2D eigenvalue weighted by atomic mass is 9.61. The third kappa shape index (κ3) is 2.26. The Bertz CT molecular complexity index is 365. The number of hydrogen-bond acceptors (Lipinski definition) is 3. The van der Waals surface area contributed by atoms with Crippen molar-refractivity contribution < 1.29 is 9.90 Å². The van der Waals surface area contributed by atoms with Gasteiger partial charge in [0.05, 0.1) is 16.0 Å². The lowest BCUT2D eigenvalue weighted by Gasteiger charge is -2.48. The van der Waals surface area contributed by atoms with Gasteiger partial charge in [0, 0.05) is 13.1 Å². The molecule has 2 aliphatic rings. The maximum Gasteiger partial charge on any atom is 0.235 e. The summed E-state index contributed by atoms with van der Waals surface area (Å²) in [5.74, 6) is 0.590. The molecule has 0 aromatic heterocycles.